The van der Waals surface area contributed by atoms with Gasteiger partial charge in [0.25, 0.3) is 0 Å². The monoisotopic (exact) mass is 155 g/mol. The molecule has 1 aliphatic rings. The van der Waals surface area contributed by atoms with Crippen molar-refractivity contribution >= 4 is 11.6 Å². The molecule has 3 heteroatoms. The summed E-state index contributed by atoms with van der Waals surface area (Å²) in [7, 11) is 0. The van der Waals surface area contributed by atoms with Gasteiger partial charge in [-0.15, -0.1) is 0 Å². The highest BCUT2D eigenvalue weighted by Gasteiger charge is 2.25. The van der Waals surface area contributed by atoms with Crippen molar-refractivity contribution in [2.24, 2.45) is 11.7 Å². The van der Waals surface area contributed by atoms with Crippen LogP contribution < -0.4 is 5.73 Å². The summed E-state index contributed by atoms with van der Waals surface area (Å²) < 4.78 is 0. The van der Waals surface area contributed by atoms with E-state index in [1.807, 2.05) is 0 Å². The van der Waals surface area contributed by atoms with Crippen molar-refractivity contribution < 1.29 is 9.59 Å². The molecule has 1 atom stereocenters. The van der Waals surface area contributed by atoms with Crippen molar-refractivity contribution in [3.05, 3.63) is 0 Å². The maximum Gasteiger partial charge on any atom is 0.198 e. The Morgan fingerprint density at radius 3 is 2.64 bits per heavy atom. The van der Waals surface area contributed by atoms with Gasteiger partial charge in [-0.25, -0.2) is 0 Å². The average Bonchev–Trinajstić information content (AvgIpc) is 1.98. The fourth-order valence-electron chi connectivity index (χ4n) is 1.43. The van der Waals surface area contributed by atoms with Crippen LogP contribution in [0.25, 0.3) is 0 Å². The summed E-state index contributed by atoms with van der Waals surface area (Å²) in [4.78, 5) is 21.7. The molecule has 11 heavy (non-hydrogen) atoms. The van der Waals surface area contributed by atoms with E-state index in [2.05, 4.69) is 0 Å². The lowest BCUT2D eigenvalue weighted by atomic mass is 9.85. The molecule has 0 spiro atoms. The van der Waals surface area contributed by atoms with Crippen LogP contribution in [0.5, 0.6) is 0 Å². The third-order valence-corrected chi connectivity index (χ3v) is 2.14. The Morgan fingerprint density at radius 2 is 2.09 bits per heavy atom. The maximum absolute atomic E-state index is 10.9. The molecular formula is C8H13NO2. The zero-order chi connectivity index (χ0) is 8.27. The Bertz CT molecular complexity index is 177. The number of nitrogens with two attached hydrogens (primary N) is 1. The minimum absolute atomic E-state index is 0.196. The van der Waals surface area contributed by atoms with Crippen LogP contribution in [-0.4, -0.2) is 18.1 Å². The number of rotatable bonds is 2. The minimum Gasteiger partial charge on any atom is -0.330 e. The summed E-state index contributed by atoms with van der Waals surface area (Å²) in [6, 6.07) is 0. The molecule has 0 bridgehead atoms. The van der Waals surface area contributed by atoms with Crippen LogP contribution in [0.15, 0.2) is 0 Å². The zero-order valence-electron chi connectivity index (χ0n) is 6.51. The molecule has 2 N–H and O–H groups in total. The Hall–Kier alpha value is -0.700. The number of carbonyl (C=O) groups is 2. The molecule has 1 unspecified atom stereocenters. The van der Waals surface area contributed by atoms with Gasteiger partial charge in [0.1, 0.15) is 0 Å². The number of ketones is 2. The molecule has 0 aromatic heterocycles. The van der Waals surface area contributed by atoms with Crippen LogP contribution in [0, 0.1) is 5.92 Å². The normalized spacial score (nSPS) is 25.7. The molecule has 3 nitrogen and oxygen atoms in total. The molecular weight excluding hydrogens is 142 g/mol. The summed E-state index contributed by atoms with van der Waals surface area (Å²) in [5.41, 5.74) is 5.34. The molecule has 0 aromatic rings. The second-order valence-corrected chi connectivity index (χ2v) is 3.03. The van der Waals surface area contributed by atoms with E-state index in [0.29, 0.717) is 25.3 Å². The molecule has 0 amide bonds. The van der Waals surface area contributed by atoms with E-state index >= 15 is 0 Å². The van der Waals surface area contributed by atoms with Gasteiger partial charge in [0.05, 0.1) is 0 Å². The number of hydrogen-bond donors (Lipinski definition) is 1. The van der Waals surface area contributed by atoms with E-state index in [-0.39, 0.29) is 11.6 Å². The quantitative estimate of drug-likeness (QED) is 0.582. The molecule has 62 valence electrons. The summed E-state index contributed by atoms with van der Waals surface area (Å²) in [6.07, 6.45) is 2.58. The molecule has 1 rings (SSSR count). The van der Waals surface area contributed by atoms with Gasteiger partial charge in [0.15, 0.2) is 11.6 Å². The number of Topliss-reactive ketones (excluding diaryl/α,β-unsaturated/α-hetero) is 2. The van der Waals surface area contributed by atoms with Crippen LogP contribution in [0.2, 0.25) is 0 Å². The molecule has 0 aromatic carbocycles. The molecule has 0 aliphatic heterocycles. The third kappa shape index (κ3) is 2.12. The van der Waals surface area contributed by atoms with Gasteiger partial charge in [0.2, 0.25) is 0 Å². The van der Waals surface area contributed by atoms with Crippen molar-refractivity contribution in [3.63, 3.8) is 0 Å². The van der Waals surface area contributed by atoms with E-state index < -0.39 is 0 Å². The minimum atomic E-state index is -0.199. The highest BCUT2D eigenvalue weighted by atomic mass is 16.2. The van der Waals surface area contributed by atoms with Crippen LogP contribution in [0.1, 0.15) is 25.7 Å². The van der Waals surface area contributed by atoms with Crippen LogP contribution in [0.3, 0.4) is 0 Å². The van der Waals surface area contributed by atoms with Gasteiger partial charge < -0.3 is 5.73 Å². The van der Waals surface area contributed by atoms with Gasteiger partial charge in [0, 0.05) is 12.8 Å². The second-order valence-electron chi connectivity index (χ2n) is 3.03. The van der Waals surface area contributed by atoms with E-state index in [9.17, 15) is 9.59 Å². The van der Waals surface area contributed by atoms with Crippen LogP contribution >= 0.6 is 0 Å². The fourth-order valence-corrected chi connectivity index (χ4v) is 1.43. The first-order chi connectivity index (χ1) is 5.24. The number of carbonyl (C=O) groups excluding carboxylic acids is 2. The summed E-state index contributed by atoms with van der Waals surface area (Å²) in [6.45, 7) is 0.617. The van der Waals surface area contributed by atoms with Gasteiger partial charge in [-0.1, -0.05) is 0 Å². The van der Waals surface area contributed by atoms with Crippen LogP contribution in [0.4, 0.5) is 0 Å². The SMILES string of the molecule is NCCC1CCC(=O)C(=O)C1. The third-order valence-electron chi connectivity index (χ3n) is 2.14. The topological polar surface area (TPSA) is 60.2 Å². The first kappa shape index (κ1) is 8.40. The van der Waals surface area contributed by atoms with Crippen molar-refractivity contribution in [1.29, 1.82) is 0 Å². The summed E-state index contributed by atoms with van der Waals surface area (Å²) in [5.74, 6) is -0.0295. The largest absolute Gasteiger partial charge is 0.330 e. The molecule has 0 radical (unpaired) electrons. The molecule has 0 saturated heterocycles. The fraction of sp³-hybridized carbons (Fsp3) is 0.750. The van der Waals surface area contributed by atoms with E-state index in [4.69, 9.17) is 5.73 Å². The van der Waals surface area contributed by atoms with Crippen molar-refractivity contribution in [2.75, 3.05) is 6.54 Å². The Balaban J connectivity index is 2.40. The first-order valence-electron chi connectivity index (χ1n) is 4.00. The first-order valence-corrected chi connectivity index (χ1v) is 4.00. The maximum atomic E-state index is 10.9. The van der Waals surface area contributed by atoms with Crippen molar-refractivity contribution in [3.8, 4) is 0 Å². The molecule has 1 fully saturated rings. The standard InChI is InChI=1S/C8H13NO2/c9-4-3-6-1-2-7(10)8(11)5-6/h6H,1-5,9H2. The second kappa shape index (κ2) is 3.62. The molecule has 1 aliphatic carbocycles. The summed E-state index contributed by atoms with van der Waals surface area (Å²) >= 11 is 0. The van der Waals surface area contributed by atoms with E-state index in [1.165, 1.54) is 0 Å². The number of hydrogen-bond acceptors (Lipinski definition) is 3. The highest BCUT2D eigenvalue weighted by Crippen LogP contribution is 2.21. The van der Waals surface area contributed by atoms with Crippen LogP contribution in [-0.2, 0) is 9.59 Å². The van der Waals surface area contributed by atoms with Crippen molar-refractivity contribution in [2.45, 2.75) is 25.7 Å². The predicted molar refractivity (Wildman–Crippen MR) is 41.0 cm³/mol. The average molecular weight is 155 g/mol. The van der Waals surface area contributed by atoms with Gasteiger partial charge >= 0.3 is 0 Å². The van der Waals surface area contributed by atoms with Gasteiger partial charge in [-0.2, -0.15) is 0 Å². The highest BCUT2D eigenvalue weighted by molar-refractivity contribution is 6.37. The smallest absolute Gasteiger partial charge is 0.198 e. The Morgan fingerprint density at radius 1 is 1.36 bits per heavy atom. The summed E-state index contributed by atoms with van der Waals surface area (Å²) in [5, 5.41) is 0. The molecule has 1 saturated carbocycles. The predicted octanol–water partition coefficient (Wildman–Crippen LogP) is 0.274. The lowest BCUT2D eigenvalue weighted by Gasteiger charge is -2.18. The van der Waals surface area contributed by atoms with E-state index in [0.717, 1.165) is 12.8 Å². The van der Waals surface area contributed by atoms with Gasteiger partial charge in [-0.3, -0.25) is 9.59 Å². The van der Waals surface area contributed by atoms with Gasteiger partial charge in [-0.05, 0) is 25.3 Å². The lowest BCUT2D eigenvalue weighted by molar-refractivity contribution is -0.139. The van der Waals surface area contributed by atoms with Crippen molar-refractivity contribution in [1.82, 2.24) is 0 Å². The Kier molecular flexibility index (Phi) is 2.76. The molecule has 0 heterocycles. The Labute approximate surface area is 66.0 Å². The lowest BCUT2D eigenvalue weighted by Crippen LogP contribution is -2.25. The zero-order valence-corrected chi connectivity index (χ0v) is 6.51. The van der Waals surface area contributed by atoms with E-state index in [1.54, 1.807) is 0 Å².